The van der Waals surface area contributed by atoms with E-state index in [1.807, 2.05) is 0 Å². The minimum absolute atomic E-state index is 0.181. The van der Waals surface area contributed by atoms with E-state index in [1.54, 1.807) is 23.1 Å². The van der Waals surface area contributed by atoms with Crippen LogP contribution in [-0.4, -0.2) is 53.1 Å². The molecule has 3 aliphatic rings. The second kappa shape index (κ2) is 8.14. The Bertz CT molecular complexity index is 841. The number of anilines is 1. The number of likely N-dealkylation sites (tertiary alicyclic amines) is 2. The molecule has 8 heteroatoms. The fourth-order valence-corrected chi connectivity index (χ4v) is 4.79. The zero-order chi connectivity index (χ0) is 20.5. The highest BCUT2D eigenvalue weighted by Crippen LogP contribution is 2.38. The van der Waals surface area contributed by atoms with Crippen LogP contribution >= 0.6 is 11.6 Å². The quantitative estimate of drug-likeness (QED) is 0.763. The summed E-state index contributed by atoms with van der Waals surface area (Å²) in [7, 11) is 0. The number of halogens is 1. The van der Waals surface area contributed by atoms with Gasteiger partial charge in [0, 0.05) is 18.1 Å². The maximum atomic E-state index is 12.8. The van der Waals surface area contributed by atoms with Crippen LogP contribution in [0, 0.1) is 11.8 Å². The summed E-state index contributed by atoms with van der Waals surface area (Å²) in [6, 6.07) is 4.72. The first-order valence-electron chi connectivity index (χ1n) is 10.2. The molecule has 0 spiro atoms. The van der Waals surface area contributed by atoms with Gasteiger partial charge in [-0.15, -0.1) is 0 Å². The molecule has 3 fully saturated rings. The van der Waals surface area contributed by atoms with E-state index in [-0.39, 0.29) is 36.1 Å². The van der Waals surface area contributed by atoms with Gasteiger partial charge in [-0.25, -0.2) is 0 Å². The Kier molecular flexibility index (Phi) is 5.58. The number of hydrogen-bond donors (Lipinski definition) is 1. The molecule has 0 aromatic heterocycles. The normalized spacial score (nSPS) is 24.0. The Morgan fingerprint density at radius 3 is 2.24 bits per heavy atom. The molecule has 0 bridgehead atoms. The molecule has 0 radical (unpaired) electrons. The van der Waals surface area contributed by atoms with Crippen LogP contribution in [0.15, 0.2) is 18.2 Å². The lowest BCUT2D eigenvalue weighted by atomic mass is 9.81. The lowest BCUT2D eigenvalue weighted by Gasteiger charge is -2.19. The van der Waals surface area contributed by atoms with Gasteiger partial charge < -0.3 is 10.2 Å². The van der Waals surface area contributed by atoms with E-state index in [4.69, 9.17) is 11.6 Å². The first-order chi connectivity index (χ1) is 14.0. The number of rotatable bonds is 4. The summed E-state index contributed by atoms with van der Waals surface area (Å²) in [5, 5.41) is 3.10. The van der Waals surface area contributed by atoms with E-state index in [0.717, 1.165) is 30.6 Å². The molecule has 7 nitrogen and oxygen atoms in total. The van der Waals surface area contributed by atoms with Gasteiger partial charge in [0.1, 0.15) is 6.54 Å². The number of carbonyl (C=O) groups excluding carboxylic acids is 4. The molecule has 29 heavy (non-hydrogen) atoms. The summed E-state index contributed by atoms with van der Waals surface area (Å²) in [6.07, 6.45) is 5.20. The van der Waals surface area contributed by atoms with E-state index in [1.165, 1.54) is 0 Å². The minimum atomic E-state index is -0.497. The molecule has 2 aliphatic heterocycles. The first-order valence-corrected chi connectivity index (χ1v) is 10.6. The highest BCUT2D eigenvalue weighted by atomic mass is 35.5. The molecule has 2 saturated heterocycles. The van der Waals surface area contributed by atoms with Crippen molar-refractivity contribution in [2.45, 2.75) is 38.5 Å². The summed E-state index contributed by atoms with van der Waals surface area (Å²) in [4.78, 5) is 53.4. The second-order valence-corrected chi connectivity index (χ2v) is 8.43. The lowest BCUT2D eigenvalue weighted by molar-refractivity contribution is -0.142. The summed E-state index contributed by atoms with van der Waals surface area (Å²) < 4.78 is 0. The van der Waals surface area contributed by atoms with Crippen molar-refractivity contribution in [2.75, 3.05) is 25.0 Å². The van der Waals surface area contributed by atoms with Gasteiger partial charge in [-0.3, -0.25) is 24.1 Å². The molecule has 1 saturated carbocycles. The maximum Gasteiger partial charge on any atom is 0.256 e. The van der Waals surface area contributed by atoms with Gasteiger partial charge >= 0.3 is 0 Å². The van der Waals surface area contributed by atoms with Crippen molar-refractivity contribution in [3.05, 3.63) is 28.8 Å². The number of imide groups is 1. The lowest BCUT2D eigenvalue weighted by Crippen LogP contribution is -2.38. The summed E-state index contributed by atoms with van der Waals surface area (Å²) >= 11 is 6.07. The number of nitrogens with one attached hydrogen (secondary N) is 1. The molecular formula is C21H24ClN3O4. The Morgan fingerprint density at radius 1 is 1.00 bits per heavy atom. The highest BCUT2D eigenvalue weighted by molar-refractivity contribution is 6.31. The Hall–Kier alpha value is -2.41. The SMILES string of the molecule is O=C(CN1C(=O)C2CCCCC2C1=O)Nc1ccc(Cl)cc1C(=O)N1CCCC1. The van der Waals surface area contributed by atoms with Crippen molar-refractivity contribution in [3.8, 4) is 0 Å². The fraction of sp³-hybridized carbons (Fsp3) is 0.524. The maximum absolute atomic E-state index is 12.8. The molecule has 1 aromatic carbocycles. The van der Waals surface area contributed by atoms with Crippen LogP contribution in [0.3, 0.4) is 0 Å². The number of carbonyl (C=O) groups is 4. The van der Waals surface area contributed by atoms with Crippen molar-refractivity contribution in [2.24, 2.45) is 11.8 Å². The van der Waals surface area contributed by atoms with Crippen LogP contribution in [0.5, 0.6) is 0 Å². The molecule has 2 atom stereocenters. The number of benzene rings is 1. The molecule has 2 heterocycles. The fourth-order valence-electron chi connectivity index (χ4n) is 4.61. The average molecular weight is 418 g/mol. The third kappa shape index (κ3) is 3.88. The van der Waals surface area contributed by atoms with E-state index in [2.05, 4.69) is 5.32 Å². The van der Waals surface area contributed by atoms with Crippen LogP contribution in [-0.2, 0) is 14.4 Å². The van der Waals surface area contributed by atoms with Crippen molar-refractivity contribution in [3.63, 3.8) is 0 Å². The molecular weight excluding hydrogens is 394 g/mol. The number of nitrogens with zero attached hydrogens (tertiary/aromatic N) is 2. The van der Waals surface area contributed by atoms with Gasteiger partial charge in [0.05, 0.1) is 23.1 Å². The molecule has 154 valence electrons. The molecule has 1 aliphatic carbocycles. The Labute approximate surface area is 174 Å². The molecule has 4 amide bonds. The Balaban J connectivity index is 1.48. The van der Waals surface area contributed by atoms with Gasteiger partial charge in [-0.2, -0.15) is 0 Å². The van der Waals surface area contributed by atoms with Gasteiger partial charge in [0.25, 0.3) is 5.91 Å². The van der Waals surface area contributed by atoms with E-state index >= 15 is 0 Å². The monoisotopic (exact) mass is 417 g/mol. The van der Waals surface area contributed by atoms with E-state index in [0.29, 0.717) is 42.2 Å². The van der Waals surface area contributed by atoms with Crippen LogP contribution in [0.25, 0.3) is 0 Å². The summed E-state index contributed by atoms with van der Waals surface area (Å²) in [6.45, 7) is 1.03. The third-order valence-corrected chi connectivity index (χ3v) is 6.35. The van der Waals surface area contributed by atoms with Crippen molar-refractivity contribution in [1.82, 2.24) is 9.80 Å². The van der Waals surface area contributed by atoms with Crippen LogP contribution in [0.4, 0.5) is 5.69 Å². The Morgan fingerprint density at radius 2 is 1.62 bits per heavy atom. The van der Waals surface area contributed by atoms with Crippen molar-refractivity contribution >= 4 is 40.9 Å². The minimum Gasteiger partial charge on any atom is -0.339 e. The zero-order valence-corrected chi connectivity index (χ0v) is 16.9. The van der Waals surface area contributed by atoms with Gasteiger partial charge in [0.15, 0.2) is 0 Å². The number of amides is 4. The smallest absolute Gasteiger partial charge is 0.256 e. The van der Waals surface area contributed by atoms with Crippen LogP contribution in [0.2, 0.25) is 5.02 Å². The van der Waals surface area contributed by atoms with Crippen molar-refractivity contribution in [1.29, 1.82) is 0 Å². The van der Waals surface area contributed by atoms with E-state index < -0.39 is 5.91 Å². The number of hydrogen-bond acceptors (Lipinski definition) is 4. The standard InChI is InChI=1S/C21H24ClN3O4/c22-13-7-8-17(16(11-13)19(27)24-9-3-4-10-24)23-18(26)12-25-20(28)14-5-1-2-6-15(14)21(25)29/h7-8,11,14-15H,1-6,9-10,12H2,(H,23,26). The summed E-state index contributed by atoms with van der Waals surface area (Å²) in [5.74, 6) is -1.75. The predicted molar refractivity (Wildman–Crippen MR) is 107 cm³/mol. The van der Waals surface area contributed by atoms with E-state index in [9.17, 15) is 19.2 Å². The van der Waals surface area contributed by atoms with Gasteiger partial charge in [0.2, 0.25) is 17.7 Å². The zero-order valence-electron chi connectivity index (χ0n) is 16.2. The first kappa shape index (κ1) is 19.9. The molecule has 1 N–H and O–H groups in total. The second-order valence-electron chi connectivity index (χ2n) is 8.00. The van der Waals surface area contributed by atoms with Gasteiger partial charge in [-0.1, -0.05) is 24.4 Å². The van der Waals surface area contributed by atoms with Gasteiger partial charge in [-0.05, 0) is 43.9 Å². The van der Waals surface area contributed by atoms with Crippen LogP contribution in [0.1, 0.15) is 48.9 Å². The largest absolute Gasteiger partial charge is 0.339 e. The molecule has 1 aromatic rings. The third-order valence-electron chi connectivity index (χ3n) is 6.11. The molecule has 2 unspecified atom stereocenters. The van der Waals surface area contributed by atoms with Crippen LogP contribution < -0.4 is 5.32 Å². The highest BCUT2D eigenvalue weighted by Gasteiger charge is 2.48. The average Bonchev–Trinajstić information content (AvgIpc) is 3.33. The summed E-state index contributed by atoms with van der Waals surface area (Å²) in [5.41, 5.74) is 0.660. The molecule has 4 rings (SSSR count). The topological polar surface area (TPSA) is 86.8 Å². The number of fused-ring (bicyclic) bond motifs is 1. The predicted octanol–water partition coefficient (Wildman–Crippen LogP) is 2.69. The van der Waals surface area contributed by atoms with Crippen molar-refractivity contribution < 1.29 is 19.2 Å².